The lowest BCUT2D eigenvalue weighted by Gasteiger charge is -2.45. The summed E-state index contributed by atoms with van der Waals surface area (Å²) < 4.78 is 18.9. The number of hydrogen-bond donors (Lipinski definition) is 2. The lowest BCUT2D eigenvalue weighted by Crippen LogP contribution is -2.59. The van der Waals surface area contributed by atoms with E-state index in [-0.39, 0.29) is 37.5 Å². The molecule has 2 atom stereocenters. The summed E-state index contributed by atoms with van der Waals surface area (Å²) in [5.74, 6) is -1.16. The standard InChI is InChI=1S/C7H15Cl2N2O4P/c8-2-4-11-7(10,15-12)1-5-14-16(11,13)6-3-9/h12H,1-6,10H2. The Labute approximate surface area is 104 Å². The maximum absolute atomic E-state index is 12.4. The molecule has 0 aromatic carbocycles. The summed E-state index contributed by atoms with van der Waals surface area (Å²) in [6.07, 6.45) is 0.334. The van der Waals surface area contributed by atoms with Crippen molar-refractivity contribution in [1.82, 2.24) is 4.67 Å². The van der Waals surface area contributed by atoms with Crippen LogP contribution in [0.5, 0.6) is 0 Å². The van der Waals surface area contributed by atoms with Gasteiger partial charge in [0.1, 0.15) is 0 Å². The molecule has 1 fully saturated rings. The van der Waals surface area contributed by atoms with Crippen LogP contribution in [0.3, 0.4) is 0 Å². The Bertz CT molecular complexity index is 277. The van der Waals surface area contributed by atoms with Crippen LogP contribution in [0.2, 0.25) is 0 Å². The molecule has 1 aliphatic heterocycles. The van der Waals surface area contributed by atoms with E-state index in [9.17, 15) is 4.57 Å². The molecule has 2 unspecified atom stereocenters. The van der Waals surface area contributed by atoms with Gasteiger partial charge < -0.3 is 4.52 Å². The van der Waals surface area contributed by atoms with E-state index in [1.807, 2.05) is 0 Å². The molecule has 1 aliphatic rings. The third-order valence-electron chi connectivity index (χ3n) is 2.38. The molecule has 16 heavy (non-hydrogen) atoms. The molecule has 0 aliphatic carbocycles. The first-order valence-electron chi connectivity index (χ1n) is 4.77. The largest absolute Gasteiger partial charge is 0.317 e. The number of hydrogen-bond acceptors (Lipinski definition) is 5. The summed E-state index contributed by atoms with van der Waals surface area (Å²) in [5.41, 5.74) is 5.79. The summed E-state index contributed by atoms with van der Waals surface area (Å²) in [5, 5.41) is 8.83. The molecule has 0 bridgehead atoms. The van der Waals surface area contributed by atoms with E-state index in [2.05, 4.69) is 4.89 Å². The summed E-state index contributed by atoms with van der Waals surface area (Å²) >= 11 is 11.2. The summed E-state index contributed by atoms with van der Waals surface area (Å²) in [6.45, 7) is 0.330. The van der Waals surface area contributed by atoms with Crippen LogP contribution >= 0.6 is 30.7 Å². The maximum Gasteiger partial charge on any atom is 0.277 e. The molecule has 96 valence electrons. The van der Waals surface area contributed by atoms with Gasteiger partial charge in [0.2, 0.25) is 5.85 Å². The van der Waals surface area contributed by atoms with Gasteiger partial charge in [-0.1, -0.05) is 0 Å². The van der Waals surface area contributed by atoms with Crippen LogP contribution in [-0.4, -0.2) is 46.9 Å². The van der Waals surface area contributed by atoms with Gasteiger partial charge in [0.05, 0.1) is 12.8 Å². The minimum Gasteiger partial charge on any atom is -0.317 e. The Morgan fingerprint density at radius 1 is 1.56 bits per heavy atom. The van der Waals surface area contributed by atoms with E-state index < -0.39 is 13.4 Å². The smallest absolute Gasteiger partial charge is 0.277 e. The van der Waals surface area contributed by atoms with Crippen molar-refractivity contribution < 1.29 is 19.2 Å². The Morgan fingerprint density at radius 3 is 2.75 bits per heavy atom. The first-order chi connectivity index (χ1) is 7.52. The number of alkyl halides is 2. The fourth-order valence-corrected chi connectivity index (χ4v) is 4.68. The van der Waals surface area contributed by atoms with Crippen LogP contribution in [0.1, 0.15) is 6.42 Å². The average molecular weight is 293 g/mol. The molecule has 0 amide bonds. The van der Waals surface area contributed by atoms with Gasteiger partial charge in [-0.3, -0.25) is 10.3 Å². The minimum atomic E-state index is -3.17. The zero-order valence-electron chi connectivity index (χ0n) is 8.64. The van der Waals surface area contributed by atoms with Crippen LogP contribution in [0.15, 0.2) is 0 Å². The monoisotopic (exact) mass is 292 g/mol. The van der Waals surface area contributed by atoms with Crippen molar-refractivity contribution in [3.05, 3.63) is 0 Å². The molecule has 0 aromatic heterocycles. The third kappa shape index (κ3) is 2.89. The van der Waals surface area contributed by atoms with Gasteiger partial charge in [-0.15, -0.1) is 23.2 Å². The summed E-state index contributed by atoms with van der Waals surface area (Å²) in [6, 6.07) is 0. The third-order valence-corrected chi connectivity index (χ3v) is 5.65. The highest BCUT2D eigenvalue weighted by atomic mass is 35.5. The Hall–Kier alpha value is 0.610. The summed E-state index contributed by atoms with van der Waals surface area (Å²) in [7, 11) is -3.17. The Balaban J connectivity index is 2.95. The molecule has 0 radical (unpaired) electrons. The number of halogens is 2. The lowest BCUT2D eigenvalue weighted by molar-refractivity contribution is -0.359. The predicted octanol–water partition coefficient (Wildman–Crippen LogP) is 1.48. The predicted molar refractivity (Wildman–Crippen MR) is 61.8 cm³/mol. The quantitative estimate of drug-likeness (QED) is 0.262. The van der Waals surface area contributed by atoms with Gasteiger partial charge >= 0.3 is 0 Å². The maximum atomic E-state index is 12.4. The van der Waals surface area contributed by atoms with Gasteiger partial charge in [0.25, 0.3) is 7.52 Å². The van der Waals surface area contributed by atoms with Crippen molar-refractivity contribution in [2.24, 2.45) is 5.73 Å². The highest BCUT2D eigenvalue weighted by Gasteiger charge is 2.49. The van der Waals surface area contributed by atoms with Crippen molar-refractivity contribution in [1.29, 1.82) is 0 Å². The van der Waals surface area contributed by atoms with Crippen molar-refractivity contribution in [3.8, 4) is 0 Å². The van der Waals surface area contributed by atoms with E-state index in [1.54, 1.807) is 0 Å². The Morgan fingerprint density at radius 2 is 2.25 bits per heavy atom. The topological polar surface area (TPSA) is 85.0 Å². The number of nitrogens with zero attached hydrogens (tertiary/aromatic N) is 1. The van der Waals surface area contributed by atoms with E-state index in [0.29, 0.717) is 0 Å². The normalized spacial score (nSPS) is 36.5. The minimum absolute atomic E-state index is 0.133. The molecular weight excluding hydrogens is 278 g/mol. The second-order valence-electron chi connectivity index (χ2n) is 3.38. The van der Waals surface area contributed by atoms with Gasteiger partial charge in [-0.25, -0.2) is 5.26 Å². The fraction of sp³-hybridized carbons (Fsp3) is 1.00. The summed E-state index contributed by atoms with van der Waals surface area (Å²) in [4.78, 5) is 4.24. The number of rotatable bonds is 5. The average Bonchev–Trinajstić information content (AvgIpc) is 2.24. The van der Waals surface area contributed by atoms with Crippen LogP contribution in [0.25, 0.3) is 0 Å². The molecule has 0 saturated carbocycles. The molecule has 3 N–H and O–H groups in total. The highest BCUT2D eigenvalue weighted by molar-refractivity contribution is 7.56. The molecule has 1 rings (SSSR count). The molecule has 1 heterocycles. The highest BCUT2D eigenvalue weighted by Crippen LogP contribution is 2.56. The van der Waals surface area contributed by atoms with Gasteiger partial charge in [0, 0.05) is 24.7 Å². The van der Waals surface area contributed by atoms with Gasteiger partial charge in [-0.2, -0.15) is 9.56 Å². The SMILES string of the molecule is NC1(OO)CCOP(=O)(CCCl)N1CCCl. The fourth-order valence-electron chi connectivity index (χ4n) is 1.60. The molecule has 1 saturated heterocycles. The van der Waals surface area contributed by atoms with Gasteiger partial charge in [-0.05, 0) is 0 Å². The van der Waals surface area contributed by atoms with Crippen LogP contribution in [0.4, 0.5) is 0 Å². The first-order valence-corrected chi connectivity index (χ1v) is 7.61. The van der Waals surface area contributed by atoms with Gasteiger partial charge in [0.15, 0.2) is 0 Å². The molecular formula is C7H15Cl2N2O4P. The van der Waals surface area contributed by atoms with E-state index in [4.69, 9.17) is 38.7 Å². The van der Waals surface area contributed by atoms with Crippen LogP contribution in [-0.2, 0) is 14.0 Å². The molecule has 9 heteroatoms. The second-order valence-corrected chi connectivity index (χ2v) is 6.60. The second kappa shape index (κ2) is 5.98. The van der Waals surface area contributed by atoms with Crippen molar-refractivity contribution >= 4 is 30.7 Å². The Kier molecular flexibility index (Phi) is 5.48. The van der Waals surface area contributed by atoms with Crippen LogP contribution < -0.4 is 5.73 Å². The molecule has 6 nitrogen and oxygen atoms in total. The number of nitrogens with two attached hydrogens (primary N) is 1. The van der Waals surface area contributed by atoms with E-state index >= 15 is 0 Å². The van der Waals surface area contributed by atoms with Crippen LogP contribution in [0, 0.1) is 0 Å². The van der Waals surface area contributed by atoms with E-state index in [0.717, 1.165) is 0 Å². The zero-order valence-corrected chi connectivity index (χ0v) is 11.0. The van der Waals surface area contributed by atoms with Crippen molar-refractivity contribution in [2.75, 3.05) is 31.1 Å². The van der Waals surface area contributed by atoms with E-state index in [1.165, 1.54) is 4.67 Å². The van der Waals surface area contributed by atoms with Crippen molar-refractivity contribution in [3.63, 3.8) is 0 Å². The first kappa shape index (κ1) is 14.7. The molecule has 0 aromatic rings. The van der Waals surface area contributed by atoms with Crippen molar-refractivity contribution in [2.45, 2.75) is 12.3 Å². The lowest BCUT2D eigenvalue weighted by atomic mass is 10.3. The zero-order chi connectivity index (χ0) is 12.2. The molecule has 0 spiro atoms.